The second-order valence-corrected chi connectivity index (χ2v) is 5.73. The zero-order valence-electron chi connectivity index (χ0n) is 11.1. The van der Waals surface area contributed by atoms with Crippen molar-refractivity contribution in [2.24, 2.45) is 11.8 Å². The van der Waals surface area contributed by atoms with Gasteiger partial charge in [-0.15, -0.1) is 0 Å². The van der Waals surface area contributed by atoms with Crippen molar-refractivity contribution < 1.29 is 0 Å². The van der Waals surface area contributed by atoms with Crippen molar-refractivity contribution >= 4 is 25.1 Å². The summed E-state index contributed by atoms with van der Waals surface area (Å²) < 4.78 is 0. The monoisotopic (exact) mass is 237 g/mol. The molecule has 1 heterocycles. The van der Waals surface area contributed by atoms with Gasteiger partial charge in [-0.3, -0.25) is 0 Å². The number of likely N-dealkylation sites (tertiary alicyclic amines) is 1. The first-order chi connectivity index (χ1) is 7.49. The zero-order valence-corrected chi connectivity index (χ0v) is 11.9. The number of hydrogen-bond acceptors (Lipinski definition) is 1. The molecule has 0 aromatic heterocycles. The maximum atomic E-state index is 6.21. The van der Waals surface area contributed by atoms with Gasteiger partial charge in [0.05, 0.1) is 12.8 Å². The van der Waals surface area contributed by atoms with Gasteiger partial charge in [0.25, 0.3) is 0 Å². The highest BCUT2D eigenvalue weighted by atomic mass is 32.1. The highest BCUT2D eigenvalue weighted by molar-refractivity contribution is 7.80. The number of rotatable bonds is 0. The molecule has 3 atom stereocenters. The number of thiocarbonyl (C=S) groups is 1. The van der Waals surface area contributed by atoms with E-state index in [1.807, 2.05) is 13.8 Å². The third-order valence-corrected chi connectivity index (χ3v) is 4.47. The van der Waals surface area contributed by atoms with Gasteiger partial charge in [-0.05, 0) is 18.8 Å². The van der Waals surface area contributed by atoms with E-state index < -0.39 is 0 Å². The molecule has 2 aliphatic rings. The van der Waals surface area contributed by atoms with E-state index in [0.29, 0.717) is 5.92 Å². The topological polar surface area (TPSA) is 3.24 Å². The average molecular weight is 237 g/mol. The van der Waals surface area contributed by atoms with Crippen LogP contribution in [0, 0.1) is 11.8 Å². The molecule has 0 aromatic rings. The van der Waals surface area contributed by atoms with Crippen LogP contribution in [0.15, 0.2) is 0 Å². The SMILES string of the molecule is CC.[B]C1(C)CCC2C(=S)N(C)CCC2C1. The second kappa shape index (κ2) is 5.53. The Kier molecular flexibility index (Phi) is 4.84. The minimum Gasteiger partial charge on any atom is -0.369 e. The minimum atomic E-state index is 0.0622. The van der Waals surface area contributed by atoms with Crippen LogP contribution < -0.4 is 0 Å². The molecule has 2 radical (unpaired) electrons. The van der Waals surface area contributed by atoms with Gasteiger partial charge in [-0.2, -0.15) is 0 Å². The fraction of sp³-hybridized carbons (Fsp3) is 0.923. The molecule has 1 nitrogen and oxygen atoms in total. The lowest BCUT2D eigenvalue weighted by Gasteiger charge is -2.46. The Hall–Kier alpha value is -0.0451. The third-order valence-electron chi connectivity index (χ3n) is 3.85. The van der Waals surface area contributed by atoms with Gasteiger partial charge < -0.3 is 4.90 Å². The zero-order chi connectivity index (χ0) is 12.3. The quantitative estimate of drug-likeness (QED) is 0.469. The lowest BCUT2D eigenvalue weighted by molar-refractivity contribution is 0.191. The fourth-order valence-corrected chi connectivity index (χ4v) is 3.35. The number of hydrogen-bond donors (Lipinski definition) is 0. The molecule has 90 valence electrons. The average Bonchev–Trinajstić information content (AvgIpc) is 2.25. The van der Waals surface area contributed by atoms with E-state index >= 15 is 0 Å². The molecule has 0 spiro atoms. The van der Waals surface area contributed by atoms with Crippen molar-refractivity contribution in [2.45, 2.75) is 51.8 Å². The molecule has 1 saturated heterocycles. The van der Waals surface area contributed by atoms with E-state index in [-0.39, 0.29) is 5.31 Å². The molecule has 3 unspecified atom stereocenters. The summed E-state index contributed by atoms with van der Waals surface area (Å²) in [5, 5.41) is 0.0622. The Morgan fingerprint density at radius 2 is 2.00 bits per heavy atom. The van der Waals surface area contributed by atoms with Crippen molar-refractivity contribution in [1.82, 2.24) is 4.90 Å². The molecule has 0 N–H and O–H groups in total. The van der Waals surface area contributed by atoms with Crippen LogP contribution in [0.3, 0.4) is 0 Å². The Bertz CT molecular complexity index is 252. The smallest absolute Gasteiger partial charge is 0.0810 e. The van der Waals surface area contributed by atoms with Crippen LogP contribution in [-0.4, -0.2) is 31.3 Å². The fourth-order valence-electron chi connectivity index (χ4n) is 2.95. The van der Waals surface area contributed by atoms with Crippen LogP contribution in [0.2, 0.25) is 5.31 Å². The van der Waals surface area contributed by atoms with E-state index in [1.54, 1.807) is 0 Å². The van der Waals surface area contributed by atoms with Gasteiger partial charge in [-0.25, -0.2) is 0 Å². The molecule has 1 aliphatic heterocycles. The van der Waals surface area contributed by atoms with Crippen LogP contribution in [0.5, 0.6) is 0 Å². The van der Waals surface area contributed by atoms with Crippen LogP contribution in [0.4, 0.5) is 0 Å². The van der Waals surface area contributed by atoms with Gasteiger partial charge in [0, 0.05) is 19.5 Å². The number of fused-ring (bicyclic) bond motifs is 1. The van der Waals surface area contributed by atoms with Gasteiger partial charge >= 0.3 is 0 Å². The van der Waals surface area contributed by atoms with E-state index in [9.17, 15) is 0 Å². The predicted molar refractivity (Wildman–Crippen MR) is 76.1 cm³/mol. The summed E-state index contributed by atoms with van der Waals surface area (Å²) in [4.78, 5) is 3.42. The Morgan fingerprint density at radius 1 is 1.38 bits per heavy atom. The summed E-state index contributed by atoms with van der Waals surface area (Å²) in [6.45, 7) is 7.31. The highest BCUT2D eigenvalue weighted by Gasteiger charge is 2.39. The summed E-state index contributed by atoms with van der Waals surface area (Å²) in [7, 11) is 8.33. The third kappa shape index (κ3) is 3.00. The van der Waals surface area contributed by atoms with E-state index in [0.717, 1.165) is 25.3 Å². The first-order valence-electron chi connectivity index (χ1n) is 6.53. The minimum absolute atomic E-state index is 0.0622. The summed E-state index contributed by atoms with van der Waals surface area (Å²) in [6, 6.07) is 0. The molecular weight excluding hydrogens is 213 g/mol. The predicted octanol–water partition coefficient (Wildman–Crippen LogP) is 3.44. The second-order valence-electron chi connectivity index (χ2n) is 5.31. The summed E-state index contributed by atoms with van der Waals surface area (Å²) in [5.74, 6) is 1.39. The normalized spacial score (nSPS) is 38.5. The van der Waals surface area contributed by atoms with E-state index in [1.165, 1.54) is 17.8 Å². The molecule has 1 saturated carbocycles. The standard InChI is InChI=1S/C11H18BNS.C2H6/c1-11(12)5-3-9-8(7-11)4-6-13(2)10(9)14;1-2/h8-9H,3-7H2,1-2H3;1-2H3. The molecule has 16 heavy (non-hydrogen) atoms. The number of nitrogens with zero attached hydrogens (tertiary/aromatic N) is 1. The van der Waals surface area contributed by atoms with Crippen LogP contribution in [-0.2, 0) is 0 Å². The van der Waals surface area contributed by atoms with Gasteiger partial charge in [0.2, 0.25) is 0 Å². The molecule has 0 bridgehead atoms. The molecule has 0 aromatic carbocycles. The van der Waals surface area contributed by atoms with Crippen molar-refractivity contribution in [3.05, 3.63) is 0 Å². The van der Waals surface area contributed by atoms with Crippen molar-refractivity contribution in [3.8, 4) is 0 Å². The van der Waals surface area contributed by atoms with E-state index in [4.69, 9.17) is 20.1 Å². The maximum absolute atomic E-state index is 6.21. The summed E-state index contributed by atoms with van der Waals surface area (Å²) >= 11 is 5.49. The van der Waals surface area contributed by atoms with Gasteiger partial charge in [0.1, 0.15) is 0 Å². The van der Waals surface area contributed by atoms with Gasteiger partial charge in [0.15, 0.2) is 0 Å². The van der Waals surface area contributed by atoms with Crippen molar-refractivity contribution in [1.29, 1.82) is 0 Å². The first kappa shape index (κ1) is 14.0. The number of piperidine rings is 1. The summed E-state index contributed by atoms with van der Waals surface area (Å²) in [6.07, 6.45) is 4.75. The first-order valence-corrected chi connectivity index (χ1v) is 6.94. The maximum Gasteiger partial charge on any atom is 0.0810 e. The van der Waals surface area contributed by atoms with Crippen LogP contribution >= 0.6 is 12.2 Å². The Balaban J connectivity index is 0.000000606. The highest BCUT2D eigenvalue weighted by Crippen LogP contribution is 2.48. The molecule has 0 amide bonds. The van der Waals surface area contributed by atoms with Crippen LogP contribution in [0.1, 0.15) is 46.5 Å². The lowest BCUT2D eigenvalue weighted by Crippen LogP contribution is -2.45. The molecular formula is C13H24BNS. The Morgan fingerprint density at radius 3 is 2.62 bits per heavy atom. The molecule has 3 heteroatoms. The lowest BCUT2D eigenvalue weighted by atomic mass is 9.55. The van der Waals surface area contributed by atoms with Gasteiger partial charge in [-0.1, -0.05) is 51.1 Å². The van der Waals surface area contributed by atoms with E-state index in [2.05, 4.69) is 18.9 Å². The van der Waals surface area contributed by atoms with Crippen molar-refractivity contribution in [3.63, 3.8) is 0 Å². The Labute approximate surface area is 107 Å². The van der Waals surface area contributed by atoms with Crippen molar-refractivity contribution in [2.75, 3.05) is 13.6 Å². The molecule has 1 aliphatic carbocycles. The molecule has 2 fully saturated rings. The molecule has 2 rings (SSSR count). The van der Waals surface area contributed by atoms with Crippen LogP contribution in [0.25, 0.3) is 0 Å². The summed E-state index contributed by atoms with van der Waals surface area (Å²) in [5.41, 5.74) is 0. The largest absolute Gasteiger partial charge is 0.369 e.